The normalized spacial score (nSPS) is 9.88. The summed E-state index contributed by atoms with van der Waals surface area (Å²) in [5, 5.41) is 2.83. The molecule has 0 aliphatic rings. The Morgan fingerprint density at radius 3 is 2.62 bits per heavy atom. The smallest absolute Gasteiger partial charge is 0.250 e. The molecule has 0 saturated heterocycles. The average Bonchev–Trinajstić information content (AvgIpc) is 2.21. The number of rotatable bonds is 4. The Kier molecular flexibility index (Phi) is 4.58. The number of primary amides is 1. The number of halogens is 2. The van der Waals surface area contributed by atoms with E-state index in [2.05, 4.69) is 5.32 Å². The predicted octanol–water partition coefficient (Wildman–Crippen LogP) is 2.01. The number of benzene rings is 1. The zero-order valence-electron chi connectivity index (χ0n) is 8.30. The first-order chi connectivity index (χ1) is 7.54. The SMILES string of the molecule is NC(=O)c1cc(NC(=O)CCCl)ccc1Cl. The van der Waals surface area contributed by atoms with Crippen LogP contribution in [0.5, 0.6) is 0 Å². The Morgan fingerprint density at radius 1 is 1.38 bits per heavy atom. The van der Waals surface area contributed by atoms with Gasteiger partial charge in [-0.25, -0.2) is 0 Å². The Labute approximate surface area is 103 Å². The summed E-state index contributed by atoms with van der Waals surface area (Å²) in [5.74, 6) is -0.631. The van der Waals surface area contributed by atoms with E-state index >= 15 is 0 Å². The summed E-state index contributed by atoms with van der Waals surface area (Å²) in [7, 11) is 0. The van der Waals surface area contributed by atoms with E-state index in [4.69, 9.17) is 28.9 Å². The van der Waals surface area contributed by atoms with Crippen LogP contribution in [-0.2, 0) is 4.79 Å². The summed E-state index contributed by atoms with van der Waals surface area (Å²) in [6.07, 6.45) is 0.204. The highest BCUT2D eigenvalue weighted by Gasteiger charge is 2.08. The van der Waals surface area contributed by atoms with Gasteiger partial charge in [0.25, 0.3) is 0 Å². The van der Waals surface area contributed by atoms with Gasteiger partial charge in [-0.2, -0.15) is 0 Å². The summed E-state index contributed by atoms with van der Waals surface area (Å²) >= 11 is 11.2. The summed E-state index contributed by atoms with van der Waals surface area (Å²) in [4.78, 5) is 22.2. The van der Waals surface area contributed by atoms with Crippen LogP contribution in [-0.4, -0.2) is 17.7 Å². The molecule has 2 amide bonds. The highest BCUT2D eigenvalue weighted by atomic mass is 35.5. The van der Waals surface area contributed by atoms with E-state index in [0.717, 1.165) is 0 Å². The highest BCUT2D eigenvalue weighted by Crippen LogP contribution is 2.20. The molecular weight excluding hydrogens is 251 g/mol. The standard InChI is InChI=1S/C10H10Cl2N2O2/c11-4-3-9(15)14-6-1-2-8(12)7(5-6)10(13)16/h1-2,5H,3-4H2,(H2,13,16)(H,14,15). The van der Waals surface area contributed by atoms with Crippen LogP contribution < -0.4 is 11.1 Å². The minimum Gasteiger partial charge on any atom is -0.366 e. The number of hydrogen-bond donors (Lipinski definition) is 2. The molecule has 16 heavy (non-hydrogen) atoms. The van der Waals surface area contributed by atoms with Gasteiger partial charge in [0.05, 0.1) is 10.6 Å². The van der Waals surface area contributed by atoms with E-state index in [0.29, 0.717) is 5.69 Å². The number of alkyl halides is 1. The Bertz CT molecular complexity index is 421. The Balaban J connectivity index is 2.87. The van der Waals surface area contributed by atoms with Crippen LogP contribution in [0.1, 0.15) is 16.8 Å². The van der Waals surface area contributed by atoms with Crippen molar-refractivity contribution in [3.8, 4) is 0 Å². The first-order valence-electron chi connectivity index (χ1n) is 4.49. The molecule has 0 atom stereocenters. The third-order valence-corrected chi connectivity index (χ3v) is 2.36. The average molecular weight is 261 g/mol. The lowest BCUT2D eigenvalue weighted by Gasteiger charge is -2.06. The van der Waals surface area contributed by atoms with Crippen LogP contribution in [0.25, 0.3) is 0 Å². The monoisotopic (exact) mass is 260 g/mol. The van der Waals surface area contributed by atoms with Crippen molar-refractivity contribution in [2.45, 2.75) is 6.42 Å². The first kappa shape index (κ1) is 12.8. The quantitative estimate of drug-likeness (QED) is 0.813. The summed E-state index contributed by atoms with van der Waals surface area (Å²) < 4.78 is 0. The van der Waals surface area contributed by atoms with Gasteiger partial charge < -0.3 is 11.1 Å². The molecule has 0 bridgehead atoms. The minimum absolute atomic E-state index is 0.172. The van der Waals surface area contributed by atoms with Gasteiger partial charge >= 0.3 is 0 Å². The summed E-state index contributed by atoms with van der Waals surface area (Å²) in [6, 6.07) is 4.51. The first-order valence-corrected chi connectivity index (χ1v) is 5.41. The van der Waals surface area contributed by atoms with Crippen molar-refractivity contribution in [1.29, 1.82) is 0 Å². The number of amides is 2. The molecule has 0 heterocycles. The highest BCUT2D eigenvalue weighted by molar-refractivity contribution is 6.34. The molecule has 0 aliphatic carbocycles. The topological polar surface area (TPSA) is 72.2 Å². The molecular formula is C10H10Cl2N2O2. The van der Waals surface area contributed by atoms with E-state index in [9.17, 15) is 9.59 Å². The number of nitrogens with one attached hydrogen (secondary N) is 1. The van der Waals surface area contributed by atoms with Crippen molar-refractivity contribution in [3.05, 3.63) is 28.8 Å². The lowest BCUT2D eigenvalue weighted by molar-refractivity contribution is -0.115. The Morgan fingerprint density at radius 2 is 2.06 bits per heavy atom. The van der Waals surface area contributed by atoms with E-state index in [-0.39, 0.29) is 28.8 Å². The molecule has 1 rings (SSSR count). The maximum Gasteiger partial charge on any atom is 0.250 e. The van der Waals surface area contributed by atoms with Gasteiger partial charge in [0, 0.05) is 18.0 Å². The molecule has 86 valence electrons. The van der Waals surface area contributed by atoms with Crippen molar-refractivity contribution in [2.24, 2.45) is 5.73 Å². The van der Waals surface area contributed by atoms with Gasteiger partial charge in [-0.1, -0.05) is 11.6 Å². The second-order valence-corrected chi connectivity index (χ2v) is 3.83. The minimum atomic E-state index is -0.640. The zero-order valence-corrected chi connectivity index (χ0v) is 9.81. The van der Waals surface area contributed by atoms with Gasteiger partial charge in [0.15, 0.2) is 0 Å². The number of nitrogens with two attached hydrogens (primary N) is 1. The fourth-order valence-electron chi connectivity index (χ4n) is 1.10. The fourth-order valence-corrected chi connectivity index (χ4v) is 1.48. The van der Waals surface area contributed by atoms with E-state index in [1.165, 1.54) is 12.1 Å². The predicted molar refractivity (Wildman–Crippen MR) is 63.9 cm³/mol. The maximum atomic E-state index is 11.2. The molecule has 0 unspecified atom stereocenters. The number of hydrogen-bond acceptors (Lipinski definition) is 2. The van der Waals surface area contributed by atoms with Crippen LogP contribution in [0, 0.1) is 0 Å². The van der Waals surface area contributed by atoms with Gasteiger partial charge in [-0.15, -0.1) is 11.6 Å². The van der Waals surface area contributed by atoms with Gasteiger partial charge in [0.1, 0.15) is 0 Å². The lowest BCUT2D eigenvalue weighted by atomic mass is 10.2. The second-order valence-electron chi connectivity index (χ2n) is 3.05. The number of anilines is 1. The van der Waals surface area contributed by atoms with Crippen molar-refractivity contribution in [2.75, 3.05) is 11.2 Å². The van der Waals surface area contributed by atoms with Gasteiger partial charge in [-0.3, -0.25) is 9.59 Å². The van der Waals surface area contributed by atoms with Crippen LogP contribution in [0.4, 0.5) is 5.69 Å². The fraction of sp³-hybridized carbons (Fsp3) is 0.200. The van der Waals surface area contributed by atoms with Crippen molar-refractivity contribution < 1.29 is 9.59 Å². The molecule has 0 radical (unpaired) electrons. The van der Waals surface area contributed by atoms with Gasteiger partial charge in [-0.05, 0) is 18.2 Å². The third-order valence-electron chi connectivity index (χ3n) is 1.84. The molecule has 0 saturated carbocycles. The number of carbonyl (C=O) groups is 2. The van der Waals surface area contributed by atoms with E-state index in [1.54, 1.807) is 6.07 Å². The van der Waals surface area contributed by atoms with E-state index in [1.807, 2.05) is 0 Å². The zero-order chi connectivity index (χ0) is 12.1. The molecule has 0 aromatic heterocycles. The lowest BCUT2D eigenvalue weighted by Crippen LogP contribution is -2.14. The van der Waals surface area contributed by atoms with Crippen molar-refractivity contribution in [1.82, 2.24) is 0 Å². The molecule has 6 heteroatoms. The van der Waals surface area contributed by atoms with E-state index < -0.39 is 5.91 Å². The molecule has 0 fully saturated rings. The molecule has 0 spiro atoms. The van der Waals surface area contributed by atoms with Crippen LogP contribution in [0.2, 0.25) is 5.02 Å². The summed E-state index contributed by atoms with van der Waals surface area (Å²) in [5.41, 5.74) is 5.75. The Hall–Kier alpha value is -1.26. The van der Waals surface area contributed by atoms with Crippen molar-refractivity contribution in [3.63, 3.8) is 0 Å². The van der Waals surface area contributed by atoms with Gasteiger partial charge in [0.2, 0.25) is 11.8 Å². The molecule has 3 N–H and O–H groups in total. The number of carbonyl (C=O) groups excluding carboxylic acids is 2. The largest absolute Gasteiger partial charge is 0.366 e. The second kappa shape index (κ2) is 5.72. The van der Waals surface area contributed by atoms with Crippen molar-refractivity contribution >= 4 is 40.7 Å². The molecule has 1 aromatic rings. The van der Waals surface area contributed by atoms with Crippen LogP contribution in [0.3, 0.4) is 0 Å². The maximum absolute atomic E-state index is 11.2. The van der Waals surface area contributed by atoms with Crippen LogP contribution in [0.15, 0.2) is 18.2 Å². The summed E-state index contributed by atoms with van der Waals surface area (Å²) in [6.45, 7) is 0. The third kappa shape index (κ3) is 3.40. The van der Waals surface area contributed by atoms with Crippen LogP contribution >= 0.6 is 23.2 Å². The molecule has 1 aromatic carbocycles. The molecule has 0 aliphatic heterocycles. The molecule has 4 nitrogen and oxygen atoms in total.